The Morgan fingerprint density at radius 1 is 1.04 bits per heavy atom. The van der Waals surface area contributed by atoms with E-state index in [-0.39, 0.29) is 11.9 Å². The van der Waals surface area contributed by atoms with Crippen molar-refractivity contribution >= 4 is 18.0 Å². The minimum absolute atomic E-state index is 0.00979. The molecule has 0 fully saturated rings. The summed E-state index contributed by atoms with van der Waals surface area (Å²) in [6.07, 6.45) is 3.84. The fourth-order valence-corrected chi connectivity index (χ4v) is 2.33. The summed E-state index contributed by atoms with van der Waals surface area (Å²) in [7, 11) is 0. The molecule has 1 unspecified atom stereocenters. The average molecular weight is 400 g/mol. The number of ether oxygens (including phenoxy) is 1. The lowest BCUT2D eigenvalue weighted by molar-refractivity contribution is -0.120. The molecule has 164 valence electrons. The van der Waals surface area contributed by atoms with Gasteiger partial charge in [-0.1, -0.05) is 26.7 Å². The summed E-state index contributed by atoms with van der Waals surface area (Å²) in [5.74, 6) is 0.661. The maximum atomic E-state index is 11.9. The Labute approximate surface area is 170 Å². The number of guanidine groups is 1. The highest BCUT2D eigenvalue weighted by atomic mass is 16.6. The molecule has 0 aliphatic heterocycles. The number of aliphatic imine (C=N–C) groups is 1. The second-order valence-corrected chi connectivity index (χ2v) is 7.73. The molecule has 0 aromatic rings. The Hall–Kier alpha value is -1.99. The Morgan fingerprint density at radius 3 is 2.32 bits per heavy atom. The fourth-order valence-electron chi connectivity index (χ4n) is 2.33. The van der Waals surface area contributed by atoms with Crippen molar-refractivity contribution in [1.29, 1.82) is 0 Å². The van der Waals surface area contributed by atoms with Gasteiger partial charge in [0.2, 0.25) is 5.91 Å². The molecule has 0 aromatic heterocycles. The number of amides is 2. The first kappa shape index (κ1) is 26.0. The van der Waals surface area contributed by atoms with E-state index in [0.29, 0.717) is 38.6 Å². The van der Waals surface area contributed by atoms with Gasteiger partial charge in [0.1, 0.15) is 5.60 Å². The van der Waals surface area contributed by atoms with Crippen LogP contribution in [0.3, 0.4) is 0 Å². The maximum Gasteiger partial charge on any atom is 0.407 e. The molecule has 4 N–H and O–H groups in total. The first-order valence-electron chi connectivity index (χ1n) is 10.5. The molecule has 8 heteroatoms. The second kappa shape index (κ2) is 15.0. The molecule has 28 heavy (non-hydrogen) atoms. The normalized spacial score (nSPS) is 12.9. The van der Waals surface area contributed by atoms with E-state index in [0.717, 1.165) is 25.7 Å². The third-order valence-corrected chi connectivity index (χ3v) is 3.66. The van der Waals surface area contributed by atoms with Gasteiger partial charge in [0.05, 0.1) is 6.54 Å². The molecule has 1 atom stereocenters. The molecule has 0 aromatic carbocycles. The number of nitrogens with zero attached hydrogens (tertiary/aromatic N) is 1. The minimum Gasteiger partial charge on any atom is -0.444 e. The van der Waals surface area contributed by atoms with E-state index >= 15 is 0 Å². The van der Waals surface area contributed by atoms with Crippen molar-refractivity contribution in [3.05, 3.63) is 0 Å². The van der Waals surface area contributed by atoms with Crippen LogP contribution in [0.25, 0.3) is 0 Å². The van der Waals surface area contributed by atoms with Crippen LogP contribution in [0.4, 0.5) is 4.79 Å². The van der Waals surface area contributed by atoms with Crippen LogP contribution in [0, 0.1) is 0 Å². The van der Waals surface area contributed by atoms with Crippen LogP contribution in [0.2, 0.25) is 0 Å². The average Bonchev–Trinajstić information content (AvgIpc) is 2.60. The Balaban J connectivity index is 4.70. The van der Waals surface area contributed by atoms with Gasteiger partial charge in [-0.3, -0.25) is 9.79 Å². The van der Waals surface area contributed by atoms with Crippen molar-refractivity contribution in [2.24, 2.45) is 4.99 Å². The smallest absolute Gasteiger partial charge is 0.407 e. The van der Waals surface area contributed by atoms with Gasteiger partial charge in [-0.2, -0.15) is 0 Å². The summed E-state index contributed by atoms with van der Waals surface area (Å²) >= 11 is 0. The van der Waals surface area contributed by atoms with Crippen molar-refractivity contribution in [3.8, 4) is 0 Å². The van der Waals surface area contributed by atoms with Gasteiger partial charge in [0.15, 0.2) is 5.96 Å². The van der Waals surface area contributed by atoms with Crippen LogP contribution in [0.5, 0.6) is 0 Å². The predicted octanol–water partition coefficient (Wildman–Crippen LogP) is 2.54. The SMILES string of the molecule is CCCCC(CNC(=O)OC(C)(C)C)NC(=NCCC(=O)NCCC)NCC. The van der Waals surface area contributed by atoms with E-state index in [4.69, 9.17) is 4.74 Å². The highest BCUT2D eigenvalue weighted by Crippen LogP contribution is 2.07. The Morgan fingerprint density at radius 2 is 1.75 bits per heavy atom. The number of hydrogen-bond acceptors (Lipinski definition) is 4. The molecule has 0 bridgehead atoms. The topological polar surface area (TPSA) is 104 Å². The lowest BCUT2D eigenvalue weighted by Crippen LogP contribution is -2.49. The standard InChI is InChI=1S/C20H41N5O3/c1-7-10-11-16(15-24-19(27)28-20(4,5)6)25-18(21-9-3)23-14-12-17(26)22-13-8-2/h16H,7-15H2,1-6H3,(H,22,26)(H,24,27)(H2,21,23,25). The third-order valence-electron chi connectivity index (χ3n) is 3.66. The summed E-state index contributed by atoms with van der Waals surface area (Å²) < 4.78 is 5.30. The van der Waals surface area contributed by atoms with E-state index in [1.165, 1.54) is 0 Å². The first-order chi connectivity index (χ1) is 13.2. The molecule has 0 aliphatic rings. The van der Waals surface area contributed by atoms with E-state index < -0.39 is 11.7 Å². The van der Waals surface area contributed by atoms with E-state index in [9.17, 15) is 9.59 Å². The highest BCUT2D eigenvalue weighted by molar-refractivity contribution is 5.81. The van der Waals surface area contributed by atoms with Crippen LogP contribution in [-0.4, -0.2) is 55.8 Å². The van der Waals surface area contributed by atoms with E-state index in [1.807, 2.05) is 34.6 Å². The number of alkyl carbamates (subject to hydrolysis) is 1. The summed E-state index contributed by atoms with van der Waals surface area (Å²) in [5.41, 5.74) is -0.523. The number of nitrogens with one attached hydrogen (secondary N) is 4. The van der Waals surface area contributed by atoms with Gasteiger partial charge >= 0.3 is 6.09 Å². The maximum absolute atomic E-state index is 11.9. The molecule has 0 heterocycles. The van der Waals surface area contributed by atoms with E-state index in [1.54, 1.807) is 0 Å². The minimum atomic E-state index is -0.523. The summed E-state index contributed by atoms with van der Waals surface area (Å²) in [5, 5.41) is 12.2. The van der Waals surface area contributed by atoms with Gasteiger partial charge in [-0.05, 0) is 40.5 Å². The molecule has 0 rings (SSSR count). The van der Waals surface area contributed by atoms with Gasteiger partial charge in [0, 0.05) is 32.1 Å². The summed E-state index contributed by atoms with van der Waals surface area (Å²) in [6.45, 7) is 13.9. The number of carbonyl (C=O) groups excluding carboxylic acids is 2. The van der Waals surface area contributed by atoms with Crippen molar-refractivity contribution in [3.63, 3.8) is 0 Å². The lowest BCUT2D eigenvalue weighted by Gasteiger charge is -2.24. The van der Waals surface area contributed by atoms with Gasteiger partial charge in [-0.25, -0.2) is 4.79 Å². The molecule has 0 saturated heterocycles. The Kier molecular flexibility index (Phi) is 13.9. The largest absolute Gasteiger partial charge is 0.444 e. The van der Waals surface area contributed by atoms with Crippen LogP contribution in [0.15, 0.2) is 4.99 Å². The molecular formula is C20H41N5O3. The number of carbonyl (C=O) groups is 2. The molecule has 8 nitrogen and oxygen atoms in total. The number of rotatable bonds is 12. The van der Waals surface area contributed by atoms with Crippen molar-refractivity contribution < 1.29 is 14.3 Å². The van der Waals surface area contributed by atoms with Gasteiger partial charge < -0.3 is 26.0 Å². The van der Waals surface area contributed by atoms with Crippen molar-refractivity contribution in [2.75, 3.05) is 26.2 Å². The molecular weight excluding hydrogens is 358 g/mol. The third kappa shape index (κ3) is 15.1. The van der Waals surface area contributed by atoms with E-state index in [2.05, 4.69) is 33.2 Å². The van der Waals surface area contributed by atoms with Crippen LogP contribution >= 0.6 is 0 Å². The quantitative estimate of drug-likeness (QED) is 0.298. The molecule has 2 amide bonds. The number of hydrogen-bond donors (Lipinski definition) is 4. The summed E-state index contributed by atoms with van der Waals surface area (Å²) in [6, 6.07) is 0.0270. The Bertz CT molecular complexity index is 475. The van der Waals surface area contributed by atoms with Crippen LogP contribution < -0.4 is 21.3 Å². The van der Waals surface area contributed by atoms with Crippen LogP contribution in [0.1, 0.15) is 73.6 Å². The number of unbranched alkanes of at least 4 members (excludes halogenated alkanes) is 1. The monoisotopic (exact) mass is 399 g/mol. The zero-order chi connectivity index (χ0) is 21.4. The zero-order valence-electron chi connectivity index (χ0n) is 18.6. The molecule has 0 saturated carbocycles. The molecule has 0 radical (unpaired) electrons. The highest BCUT2D eigenvalue weighted by Gasteiger charge is 2.18. The molecule has 0 aliphatic carbocycles. The lowest BCUT2D eigenvalue weighted by atomic mass is 10.1. The van der Waals surface area contributed by atoms with Crippen molar-refractivity contribution in [2.45, 2.75) is 85.3 Å². The second-order valence-electron chi connectivity index (χ2n) is 7.73. The molecule has 0 spiro atoms. The van der Waals surface area contributed by atoms with Crippen molar-refractivity contribution in [1.82, 2.24) is 21.3 Å². The van der Waals surface area contributed by atoms with Gasteiger partial charge in [0.25, 0.3) is 0 Å². The van der Waals surface area contributed by atoms with Gasteiger partial charge in [-0.15, -0.1) is 0 Å². The predicted molar refractivity (Wildman–Crippen MR) is 115 cm³/mol. The van der Waals surface area contributed by atoms with Crippen LogP contribution in [-0.2, 0) is 9.53 Å². The summed E-state index contributed by atoms with van der Waals surface area (Å²) in [4.78, 5) is 28.1. The first-order valence-corrected chi connectivity index (χ1v) is 10.5. The zero-order valence-corrected chi connectivity index (χ0v) is 18.6. The fraction of sp³-hybridized carbons (Fsp3) is 0.850.